The Morgan fingerprint density at radius 3 is 2.83 bits per heavy atom. The molecule has 0 amide bonds. The minimum absolute atomic E-state index is 0.585. The monoisotopic (exact) mass is 237 g/mol. The van der Waals surface area contributed by atoms with Gasteiger partial charge in [-0.05, 0) is 24.3 Å². The summed E-state index contributed by atoms with van der Waals surface area (Å²) in [4.78, 5) is 8.70. The molecule has 0 saturated heterocycles. The summed E-state index contributed by atoms with van der Waals surface area (Å²) in [7, 11) is 0. The number of hydrogen-bond acceptors (Lipinski definition) is 5. The average Bonchev–Trinajstić information content (AvgIpc) is 2.87. The van der Waals surface area contributed by atoms with Crippen molar-refractivity contribution in [3.63, 3.8) is 0 Å². The lowest BCUT2D eigenvalue weighted by Crippen LogP contribution is -2.01. The van der Waals surface area contributed by atoms with Crippen molar-refractivity contribution in [2.75, 3.05) is 5.32 Å². The fraction of sp³-hybridized carbons (Fsp3) is 0.154. The van der Waals surface area contributed by atoms with Gasteiger partial charge in [-0.1, -0.05) is 0 Å². The van der Waals surface area contributed by atoms with Gasteiger partial charge in [-0.15, -0.1) is 0 Å². The number of aromatic nitrogens is 2. The second kappa shape index (κ2) is 4.43. The third kappa shape index (κ3) is 2.01. The summed E-state index contributed by atoms with van der Waals surface area (Å²) in [6.45, 7) is 1.63. The van der Waals surface area contributed by atoms with Crippen molar-refractivity contribution in [3.8, 4) is 6.07 Å². The van der Waals surface area contributed by atoms with E-state index in [4.69, 9.17) is 5.26 Å². The van der Waals surface area contributed by atoms with Gasteiger partial charge in [0.2, 0.25) is 5.95 Å². The second-order valence-electron chi connectivity index (χ2n) is 4.08. The van der Waals surface area contributed by atoms with Crippen LogP contribution in [0.5, 0.6) is 0 Å². The van der Waals surface area contributed by atoms with Crippen LogP contribution in [0, 0.1) is 11.3 Å². The van der Waals surface area contributed by atoms with Gasteiger partial charge in [0.1, 0.15) is 0 Å². The van der Waals surface area contributed by atoms with Crippen LogP contribution in [0.4, 0.5) is 11.6 Å². The molecule has 0 radical (unpaired) electrons. The summed E-state index contributed by atoms with van der Waals surface area (Å²) in [5.74, 6) is 0.585. The molecule has 2 N–H and O–H groups in total. The Labute approximate surface area is 105 Å². The van der Waals surface area contributed by atoms with Crippen LogP contribution in [0.15, 0.2) is 30.5 Å². The Morgan fingerprint density at radius 2 is 2.06 bits per heavy atom. The van der Waals surface area contributed by atoms with E-state index in [2.05, 4.69) is 26.7 Å². The summed E-state index contributed by atoms with van der Waals surface area (Å²) in [6, 6.07) is 9.29. The summed E-state index contributed by atoms with van der Waals surface area (Å²) in [5, 5.41) is 15.1. The van der Waals surface area contributed by atoms with Gasteiger partial charge in [0.15, 0.2) is 0 Å². The summed E-state index contributed by atoms with van der Waals surface area (Å²) in [6.07, 6.45) is 1.84. The normalized spacial score (nSPS) is 12.8. The summed E-state index contributed by atoms with van der Waals surface area (Å²) >= 11 is 0. The quantitative estimate of drug-likeness (QED) is 0.831. The lowest BCUT2D eigenvalue weighted by Gasteiger charge is -2.05. The van der Waals surface area contributed by atoms with Gasteiger partial charge in [-0.3, -0.25) is 0 Å². The first-order valence-corrected chi connectivity index (χ1v) is 5.68. The van der Waals surface area contributed by atoms with Crippen LogP contribution in [0.2, 0.25) is 0 Å². The lowest BCUT2D eigenvalue weighted by atomic mass is 10.2. The van der Waals surface area contributed by atoms with Crippen molar-refractivity contribution in [1.29, 1.82) is 5.26 Å². The van der Waals surface area contributed by atoms with E-state index < -0.39 is 0 Å². The minimum Gasteiger partial charge on any atom is -0.324 e. The van der Waals surface area contributed by atoms with E-state index in [1.54, 1.807) is 12.1 Å². The number of hydrogen-bond donors (Lipinski definition) is 2. The van der Waals surface area contributed by atoms with Gasteiger partial charge in [0.05, 0.1) is 17.3 Å². The van der Waals surface area contributed by atoms with Crippen LogP contribution in [0.1, 0.15) is 16.8 Å². The molecule has 88 valence electrons. The maximum atomic E-state index is 8.72. The Hall–Kier alpha value is -2.45. The molecule has 1 aromatic heterocycles. The molecule has 18 heavy (non-hydrogen) atoms. The molecule has 0 saturated carbocycles. The molecule has 0 aliphatic carbocycles. The van der Waals surface area contributed by atoms with E-state index in [-0.39, 0.29) is 0 Å². The predicted octanol–water partition coefficient (Wildman–Crippen LogP) is 1.70. The van der Waals surface area contributed by atoms with Crippen molar-refractivity contribution in [1.82, 2.24) is 15.3 Å². The lowest BCUT2D eigenvalue weighted by molar-refractivity contribution is 0.758. The smallest absolute Gasteiger partial charge is 0.227 e. The molecule has 5 nitrogen and oxygen atoms in total. The first-order valence-electron chi connectivity index (χ1n) is 5.68. The highest BCUT2D eigenvalue weighted by Crippen LogP contribution is 2.17. The molecule has 0 fully saturated rings. The zero-order chi connectivity index (χ0) is 12.4. The molecule has 2 heterocycles. The van der Waals surface area contributed by atoms with Gasteiger partial charge in [-0.2, -0.15) is 5.26 Å². The molecule has 1 aromatic carbocycles. The number of benzene rings is 1. The van der Waals surface area contributed by atoms with Crippen molar-refractivity contribution < 1.29 is 0 Å². The van der Waals surface area contributed by atoms with Crippen molar-refractivity contribution in [2.24, 2.45) is 0 Å². The Morgan fingerprint density at radius 1 is 1.22 bits per heavy atom. The van der Waals surface area contributed by atoms with Crippen LogP contribution < -0.4 is 10.6 Å². The fourth-order valence-corrected chi connectivity index (χ4v) is 1.88. The zero-order valence-corrected chi connectivity index (χ0v) is 9.64. The molecule has 0 bridgehead atoms. The van der Waals surface area contributed by atoms with Crippen molar-refractivity contribution >= 4 is 11.6 Å². The molecular weight excluding hydrogens is 226 g/mol. The molecule has 0 unspecified atom stereocenters. The molecule has 3 rings (SSSR count). The Balaban J connectivity index is 1.81. The predicted molar refractivity (Wildman–Crippen MR) is 67.0 cm³/mol. The second-order valence-corrected chi connectivity index (χ2v) is 4.08. The van der Waals surface area contributed by atoms with Crippen LogP contribution >= 0.6 is 0 Å². The maximum Gasteiger partial charge on any atom is 0.227 e. The minimum atomic E-state index is 0.585. The average molecular weight is 237 g/mol. The third-order valence-corrected chi connectivity index (χ3v) is 2.83. The van der Waals surface area contributed by atoms with E-state index >= 15 is 0 Å². The molecule has 1 aliphatic heterocycles. The van der Waals surface area contributed by atoms with Crippen LogP contribution in [-0.4, -0.2) is 9.97 Å². The largest absolute Gasteiger partial charge is 0.324 e. The summed E-state index contributed by atoms with van der Waals surface area (Å²) in [5.41, 5.74) is 3.71. The Kier molecular flexibility index (Phi) is 2.63. The van der Waals surface area contributed by atoms with E-state index in [1.807, 2.05) is 18.3 Å². The molecule has 2 aromatic rings. The van der Waals surface area contributed by atoms with Crippen LogP contribution in [0.25, 0.3) is 0 Å². The fourth-order valence-electron chi connectivity index (χ4n) is 1.88. The molecule has 0 spiro atoms. The standard InChI is InChI=1S/C13H11N5/c14-5-9-1-3-11(4-2-9)17-13-16-7-10-6-15-8-12(10)18-13/h1-4,7,15H,6,8H2,(H,16,17,18). The highest BCUT2D eigenvalue weighted by Gasteiger charge is 2.12. The van der Waals surface area contributed by atoms with Gasteiger partial charge >= 0.3 is 0 Å². The van der Waals surface area contributed by atoms with E-state index in [0.717, 1.165) is 30.0 Å². The molecule has 1 aliphatic rings. The number of nitrogens with one attached hydrogen (secondary N) is 2. The van der Waals surface area contributed by atoms with E-state index in [1.165, 1.54) is 0 Å². The number of fused-ring (bicyclic) bond motifs is 1. The highest BCUT2D eigenvalue weighted by atomic mass is 15.1. The number of anilines is 2. The number of rotatable bonds is 2. The van der Waals surface area contributed by atoms with Gasteiger partial charge in [-0.25, -0.2) is 9.97 Å². The highest BCUT2D eigenvalue weighted by molar-refractivity contribution is 5.55. The third-order valence-electron chi connectivity index (χ3n) is 2.83. The van der Waals surface area contributed by atoms with E-state index in [0.29, 0.717) is 11.5 Å². The van der Waals surface area contributed by atoms with Crippen LogP contribution in [0.3, 0.4) is 0 Å². The summed E-state index contributed by atoms with van der Waals surface area (Å²) < 4.78 is 0. The molecule has 0 atom stereocenters. The molecule has 5 heteroatoms. The van der Waals surface area contributed by atoms with Gasteiger partial charge in [0, 0.05) is 30.5 Å². The maximum absolute atomic E-state index is 8.72. The SMILES string of the molecule is N#Cc1ccc(Nc2ncc3c(n2)CNC3)cc1. The Bertz CT molecular complexity index is 612. The van der Waals surface area contributed by atoms with Crippen molar-refractivity contribution in [3.05, 3.63) is 47.3 Å². The zero-order valence-electron chi connectivity index (χ0n) is 9.64. The topological polar surface area (TPSA) is 73.6 Å². The number of nitriles is 1. The first kappa shape index (κ1) is 10.7. The van der Waals surface area contributed by atoms with Crippen molar-refractivity contribution in [2.45, 2.75) is 13.1 Å². The first-order chi connectivity index (χ1) is 8.85. The van der Waals surface area contributed by atoms with Crippen LogP contribution in [-0.2, 0) is 13.1 Å². The molecular formula is C13H11N5. The van der Waals surface area contributed by atoms with E-state index in [9.17, 15) is 0 Å². The number of nitrogens with zero attached hydrogens (tertiary/aromatic N) is 3. The van der Waals surface area contributed by atoms with Gasteiger partial charge in [0.25, 0.3) is 0 Å². The van der Waals surface area contributed by atoms with Gasteiger partial charge < -0.3 is 10.6 Å².